The van der Waals surface area contributed by atoms with Crippen LogP contribution in [0.4, 0.5) is 5.69 Å². The van der Waals surface area contributed by atoms with Crippen molar-refractivity contribution in [3.8, 4) is 5.75 Å². The molecule has 1 amide bonds. The number of rotatable bonds is 5. The molecular formula is C20H18IN3O2. The second-order valence-electron chi connectivity index (χ2n) is 5.83. The van der Waals surface area contributed by atoms with Crippen LogP contribution < -0.4 is 10.7 Å². The first-order valence-electron chi connectivity index (χ1n) is 8.07. The zero-order valence-electron chi connectivity index (χ0n) is 14.2. The van der Waals surface area contributed by atoms with Gasteiger partial charge in [0.2, 0.25) is 0 Å². The maximum Gasteiger partial charge on any atom is 0.259 e. The van der Waals surface area contributed by atoms with E-state index in [0.717, 1.165) is 22.0 Å². The second kappa shape index (κ2) is 8.18. The van der Waals surface area contributed by atoms with Crippen molar-refractivity contribution >= 4 is 51.2 Å². The van der Waals surface area contributed by atoms with Crippen LogP contribution in [-0.4, -0.2) is 23.8 Å². The summed E-state index contributed by atoms with van der Waals surface area (Å²) in [5, 5.41) is 19.0. The van der Waals surface area contributed by atoms with Crippen LogP contribution in [0.15, 0.2) is 59.7 Å². The summed E-state index contributed by atoms with van der Waals surface area (Å²) < 4.78 is 1.18. The van der Waals surface area contributed by atoms with Crippen LogP contribution in [0.5, 0.6) is 5.75 Å². The Morgan fingerprint density at radius 1 is 1.19 bits per heavy atom. The third-order valence-electron chi connectivity index (χ3n) is 3.94. The van der Waals surface area contributed by atoms with Gasteiger partial charge in [0.1, 0.15) is 5.75 Å². The minimum atomic E-state index is -0.267. The Kier molecular flexibility index (Phi) is 5.72. The number of fused-ring (bicyclic) bond motifs is 1. The van der Waals surface area contributed by atoms with E-state index in [0.29, 0.717) is 5.56 Å². The summed E-state index contributed by atoms with van der Waals surface area (Å²) >= 11 is 2.27. The Morgan fingerprint density at radius 3 is 2.81 bits per heavy atom. The molecule has 5 nitrogen and oxygen atoms in total. The van der Waals surface area contributed by atoms with Crippen molar-refractivity contribution in [3.05, 3.63) is 69.3 Å². The molecule has 0 aliphatic rings. The molecule has 0 saturated carbocycles. The van der Waals surface area contributed by atoms with Gasteiger partial charge in [0, 0.05) is 14.8 Å². The Morgan fingerprint density at radius 2 is 2.00 bits per heavy atom. The molecule has 0 atom stereocenters. The van der Waals surface area contributed by atoms with Gasteiger partial charge in [0.25, 0.3) is 5.91 Å². The number of nitrogens with one attached hydrogen (secondary N) is 2. The van der Waals surface area contributed by atoms with Crippen molar-refractivity contribution in [2.45, 2.75) is 6.92 Å². The number of hydrazone groups is 1. The molecule has 3 aromatic carbocycles. The Labute approximate surface area is 165 Å². The number of aryl methyl sites for hydroxylation is 1. The third-order valence-corrected chi connectivity index (χ3v) is 5.15. The van der Waals surface area contributed by atoms with Crippen LogP contribution in [0.3, 0.4) is 0 Å². The van der Waals surface area contributed by atoms with E-state index in [9.17, 15) is 9.90 Å². The van der Waals surface area contributed by atoms with E-state index in [2.05, 4.69) is 38.4 Å². The summed E-state index contributed by atoms with van der Waals surface area (Å²) in [7, 11) is 0. The van der Waals surface area contributed by atoms with Gasteiger partial charge < -0.3 is 10.4 Å². The lowest BCUT2D eigenvalue weighted by Gasteiger charge is -2.07. The summed E-state index contributed by atoms with van der Waals surface area (Å²) in [5.74, 6) is -0.147. The average molecular weight is 459 g/mol. The van der Waals surface area contributed by atoms with E-state index in [1.54, 1.807) is 6.07 Å². The number of anilines is 1. The summed E-state index contributed by atoms with van der Waals surface area (Å²) in [6, 6.07) is 17.1. The number of carbonyl (C=O) groups is 1. The minimum absolute atomic E-state index is 0.110. The van der Waals surface area contributed by atoms with Gasteiger partial charge in [-0.1, -0.05) is 30.3 Å². The van der Waals surface area contributed by atoms with Gasteiger partial charge >= 0.3 is 0 Å². The van der Waals surface area contributed by atoms with Gasteiger partial charge in [-0.3, -0.25) is 4.79 Å². The SMILES string of the molecule is Cc1cc(NCC(=O)NN=Cc2c(O)ccc3ccccc23)ccc1I. The van der Waals surface area contributed by atoms with E-state index in [1.807, 2.05) is 55.5 Å². The smallest absolute Gasteiger partial charge is 0.259 e. The van der Waals surface area contributed by atoms with Gasteiger partial charge in [-0.2, -0.15) is 5.10 Å². The number of nitrogens with zero attached hydrogens (tertiary/aromatic N) is 1. The molecule has 26 heavy (non-hydrogen) atoms. The van der Waals surface area contributed by atoms with Crippen LogP contribution in [0, 0.1) is 10.5 Å². The first kappa shape index (κ1) is 18.2. The van der Waals surface area contributed by atoms with Crippen LogP contribution in [0.25, 0.3) is 10.8 Å². The van der Waals surface area contributed by atoms with Crippen molar-refractivity contribution in [1.82, 2.24) is 5.43 Å². The maximum atomic E-state index is 12.0. The van der Waals surface area contributed by atoms with Gasteiger partial charge in [-0.05, 0) is 70.1 Å². The lowest BCUT2D eigenvalue weighted by molar-refractivity contribution is -0.119. The first-order valence-corrected chi connectivity index (χ1v) is 9.15. The number of hydrogen-bond acceptors (Lipinski definition) is 4. The van der Waals surface area contributed by atoms with E-state index < -0.39 is 0 Å². The zero-order chi connectivity index (χ0) is 18.5. The molecule has 0 radical (unpaired) electrons. The number of phenolic OH excluding ortho intramolecular Hbond substituents is 1. The summed E-state index contributed by atoms with van der Waals surface area (Å²) in [6.45, 7) is 2.13. The number of benzene rings is 3. The molecule has 0 bridgehead atoms. The van der Waals surface area contributed by atoms with E-state index in [1.165, 1.54) is 9.78 Å². The Bertz CT molecular complexity index is 986. The molecule has 3 N–H and O–H groups in total. The number of aromatic hydroxyl groups is 1. The van der Waals surface area contributed by atoms with E-state index in [-0.39, 0.29) is 18.2 Å². The van der Waals surface area contributed by atoms with Crippen LogP contribution in [-0.2, 0) is 4.79 Å². The highest BCUT2D eigenvalue weighted by Crippen LogP contribution is 2.25. The fraction of sp³-hybridized carbons (Fsp3) is 0.100. The molecule has 3 aromatic rings. The molecule has 0 aliphatic carbocycles. The van der Waals surface area contributed by atoms with Crippen molar-refractivity contribution in [2.75, 3.05) is 11.9 Å². The van der Waals surface area contributed by atoms with Crippen LogP contribution >= 0.6 is 22.6 Å². The van der Waals surface area contributed by atoms with Crippen molar-refractivity contribution < 1.29 is 9.90 Å². The normalized spacial score (nSPS) is 11.0. The fourth-order valence-electron chi connectivity index (χ4n) is 2.57. The van der Waals surface area contributed by atoms with Crippen LogP contribution in [0.2, 0.25) is 0 Å². The lowest BCUT2D eigenvalue weighted by atomic mass is 10.0. The van der Waals surface area contributed by atoms with Gasteiger partial charge in [0.05, 0.1) is 12.8 Å². The molecule has 0 spiro atoms. The van der Waals surface area contributed by atoms with Crippen LogP contribution in [0.1, 0.15) is 11.1 Å². The third kappa shape index (κ3) is 4.32. The maximum absolute atomic E-state index is 12.0. The standard InChI is InChI=1S/C20H18IN3O2/c1-13-10-15(7-8-18(13)21)22-12-20(26)24-23-11-17-16-5-3-2-4-14(16)6-9-19(17)25/h2-11,22,25H,12H2,1H3,(H,24,26). The Hall–Kier alpha value is -2.61. The van der Waals surface area contributed by atoms with Gasteiger partial charge in [0.15, 0.2) is 0 Å². The number of halogens is 1. The molecule has 132 valence electrons. The minimum Gasteiger partial charge on any atom is -0.507 e. The number of amides is 1. The quantitative estimate of drug-likeness (QED) is 0.307. The molecule has 0 aromatic heterocycles. The molecule has 3 rings (SSSR count). The molecule has 0 heterocycles. The van der Waals surface area contributed by atoms with E-state index in [4.69, 9.17) is 0 Å². The molecule has 0 saturated heterocycles. The summed E-state index contributed by atoms with van der Waals surface area (Å²) in [5.41, 5.74) is 5.08. The summed E-state index contributed by atoms with van der Waals surface area (Å²) in [6.07, 6.45) is 1.46. The first-order chi connectivity index (χ1) is 12.5. The van der Waals surface area contributed by atoms with E-state index >= 15 is 0 Å². The predicted molar refractivity (Wildman–Crippen MR) is 114 cm³/mol. The van der Waals surface area contributed by atoms with Crippen molar-refractivity contribution in [1.29, 1.82) is 0 Å². The van der Waals surface area contributed by atoms with Crippen molar-refractivity contribution in [3.63, 3.8) is 0 Å². The number of hydrogen-bond donors (Lipinski definition) is 3. The largest absolute Gasteiger partial charge is 0.507 e. The highest BCUT2D eigenvalue weighted by molar-refractivity contribution is 14.1. The highest BCUT2D eigenvalue weighted by atomic mass is 127. The fourth-order valence-corrected chi connectivity index (χ4v) is 2.90. The Balaban J connectivity index is 1.62. The van der Waals surface area contributed by atoms with Gasteiger partial charge in [-0.15, -0.1) is 0 Å². The second-order valence-corrected chi connectivity index (χ2v) is 6.99. The predicted octanol–water partition coefficient (Wildman–Crippen LogP) is 4.02. The summed E-state index contributed by atoms with van der Waals surface area (Å²) in [4.78, 5) is 12.0. The topological polar surface area (TPSA) is 73.7 Å². The lowest BCUT2D eigenvalue weighted by Crippen LogP contribution is -2.25. The number of carbonyl (C=O) groups excluding carboxylic acids is 1. The molecule has 0 aliphatic heterocycles. The number of phenols is 1. The monoisotopic (exact) mass is 459 g/mol. The molecule has 0 fully saturated rings. The molecule has 6 heteroatoms. The van der Waals surface area contributed by atoms with Gasteiger partial charge in [-0.25, -0.2) is 5.43 Å². The molecular weight excluding hydrogens is 441 g/mol. The molecule has 0 unspecified atom stereocenters. The van der Waals surface area contributed by atoms with Crippen molar-refractivity contribution in [2.24, 2.45) is 5.10 Å². The average Bonchev–Trinajstić information content (AvgIpc) is 2.64. The zero-order valence-corrected chi connectivity index (χ0v) is 16.3. The highest BCUT2D eigenvalue weighted by Gasteiger charge is 2.05.